The fourth-order valence-electron chi connectivity index (χ4n) is 3.62. The first-order valence-corrected chi connectivity index (χ1v) is 10.0. The fourth-order valence-corrected chi connectivity index (χ4v) is 3.62. The number of aromatic hydroxyl groups is 3. The molecule has 12 nitrogen and oxygen atoms in total. The molecule has 0 spiro atoms. The lowest BCUT2D eigenvalue weighted by atomic mass is 9.99. The summed E-state index contributed by atoms with van der Waals surface area (Å²) < 4.78 is 21.4. The molecular formula is C22H22O12. The lowest BCUT2D eigenvalue weighted by molar-refractivity contribution is -0.277. The molecule has 182 valence electrons. The number of ether oxygens (including phenoxy) is 3. The van der Waals surface area contributed by atoms with E-state index in [-0.39, 0.29) is 28.2 Å². The van der Waals surface area contributed by atoms with Gasteiger partial charge in [0.05, 0.1) is 13.7 Å². The average molecular weight is 478 g/mol. The Morgan fingerprint density at radius 1 is 0.941 bits per heavy atom. The molecule has 2 aromatic carbocycles. The molecule has 0 aliphatic carbocycles. The van der Waals surface area contributed by atoms with Crippen LogP contribution in [0.1, 0.15) is 0 Å². The Hall–Kier alpha value is -3.55. The van der Waals surface area contributed by atoms with Gasteiger partial charge in [-0.1, -0.05) is 0 Å². The lowest BCUT2D eigenvalue weighted by Crippen LogP contribution is -2.60. The SMILES string of the molecule is COc1cc(-c2cc(=O)c3c(O)c(O)c(O[C@@H]4O[C@H](CO)[C@@H](O)[C@H](O)[C@H]4O)cc3o2)ccc1O. The van der Waals surface area contributed by atoms with E-state index in [1.807, 2.05) is 0 Å². The molecule has 0 radical (unpaired) electrons. The molecule has 1 fully saturated rings. The van der Waals surface area contributed by atoms with Gasteiger partial charge in [0.2, 0.25) is 12.0 Å². The largest absolute Gasteiger partial charge is 0.504 e. The predicted molar refractivity (Wildman–Crippen MR) is 114 cm³/mol. The summed E-state index contributed by atoms with van der Waals surface area (Å²) in [6.45, 7) is -0.700. The van der Waals surface area contributed by atoms with E-state index >= 15 is 0 Å². The number of fused-ring (bicyclic) bond motifs is 1. The minimum Gasteiger partial charge on any atom is -0.504 e. The molecule has 1 aromatic heterocycles. The van der Waals surface area contributed by atoms with Crippen molar-refractivity contribution in [3.8, 4) is 40.1 Å². The van der Waals surface area contributed by atoms with Gasteiger partial charge in [0.25, 0.3) is 0 Å². The van der Waals surface area contributed by atoms with Crippen LogP contribution in [-0.4, -0.2) is 80.2 Å². The van der Waals surface area contributed by atoms with Crippen LogP contribution in [0.3, 0.4) is 0 Å². The maximum absolute atomic E-state index is 12.7. The molecule has 3 aromatic rings. The highest BCUT2D eigenvalue weighted by Crippen LogP contribution is 2.43. The topological polar surface area (TPSA) is 200 Å². The Bertz CT molecular complexity index is 1270. The second-order valence-corrected chi connectivity index (χ2v) is 7.62. The normalized spacial score (nSPS) is 24.8. The van der Waals surface area contributed by atoms with E-state index in [1.54, 1.807) is 0 Å². The Kier molecular flexibility index (Phi) is 6.25. The molecule has 4 rings (SSSR count). The quantitative estimate of drug-likeness (QED) is 0.238. The van der Waals surface area contributed by atoms with Gasteiger partial charge in [-0.3, -0.25) is 4.79 Å². The van der Waals surface area contributed by atoms with E-state index < -0.39 is 60.0 Å². The third-order valence-corrected chi connectivity index (χ3v) is 5.49. The van der Waals surface area contributed by atoms with Gasteiger partial charge in [0.1, 0.15) is 41.1 Å². The van der Waals surface area contributed by atoms with Gasteiger partial charge in [-0.15, -0.1) is 0 Å². The van der Waals surface area contributed by atoms with Gasteiger partial charge >= 0.3 is 0 Å². The van der Waals surface area contributed by atoms with Crippen molar-refractivity contribution in [2.24, 2.45) is 0 Å². The van der Waals surface area contributed by atoms with Crippen LogP contribution in [0.25, 0.3) is 22.3 Å². The van der Waals surface area contributed by atoms with Crippen molar-refractivity contribution in [1.29, 1.82) is 0 Å². The van der Waals surface area contributed by atoms with Crippen molar-refractivity contribution in [3.63, 3.8) is 0 Å². The third-order valence-electron chi connectivity index (χ3n) is 5.49. The van der Waals surface area contributed by atoms with Gasteiger partial charge in [-0.2, -0.15) is 0 Å². The van der Waals surface area contributed by atoms with Crippen LogP contribution < -0.4 is 14.9 Å². The number of phenols is 3. The summed E-state index contributed by atoms with van der Waals surface area (Å²) in [5.74, 6) is -2.17. The number of rotatable bonds is 5. The zero-order valence-corrected chi connectivity index (χ0v) is 17.7. The van der Waals surface area contributed by atoms with Crippen LogP contribution in [0.2, 0.25) is 0 Å². The molecule has 12 heteroatoms. The number of hydrogen-bond acceptors (Lipinski definition) is 12. The maximum Gasteiger partial charge on any atom is 0.229 e. The van der Waals surface area contributed by atoms with E-state index in [0.29, 0.717) is 5.56 Å². The van der Waals surface area contributed by atoms with E-state index in [2.05, 4.69) is 0 Å². The summed E-state index contributed by atoms with van der Waals surface area (Å²) in [6.07, 6.45) is -8.07. The minimum absolute atomic E-state index is 0.0414. The van der Waals surface area contributed by atoms with E-state index in [0.717, 1.165) is 12.1 Å². The summed E-state index contributed by atoms with van der Waals surface area (Å²) in [5, 5.41) is 69.5. The van der Waals surface area contributed by atoms with E-state index in [1.165, 1.54) is 25.3 Å². The monoisotopic (exact) mass is 478 g/mol. The second kappa shape index (κ2) is 9.00. The van der Waals surface area contributed by atoms with Gasteiger partial charge in [-0.05, 0) is 18.2 Å². The van der Waals surface area contributed by atoms with Crippen molar-refractivity contribution in [2.75, 3.05) is 13.7 Å². The first-order chi connectivity index (χ1) is 16.2. The van der Waals surface area contributed by atoms with Crippen LogP contribution in [0.5, 0.6) is 28.7 Å². The molecule has 1 aliphatic rings. The van der Waals surface area contributed by atoms with Crippen LogP contribution in [0.15, 0.2) is 39.5 Å². The Balaban J connectivity index is 1.77. The fraction of sp³-hybridized carbons (Fsp3) is 0.318. The number of phenolic OH excluding ortho intramolecular Hbond substituents is 3. The van der Waals surface area contributed by atoms with Crippen molar-refractivity contribution in [1.82, 2.24) is 0 Å². The third kappa shape index (κ3) is 3.97. The molecule has 0 amide bonds. The summed E-state index contributed by atoms with van der Waals surface area (Å²) in [5.41, 5.74) is -0.544. The zero-order chi connectivity index (χ0) is 24.7. The minimum atomic E-state index is -1.78. The van der Waals surface area contributed by atoms with Crippen molar-refractivity contribution >= 4 is 11.0 Å². The van der Waals surface area contributed by atoms with Crippen LogP contribution in [0, 0.1) is 0 Å². The molecule has 1 saturated heterocycles. The van der Waals surface area contributed by atoms with E-state index in [4.69, 9.17) is 18.6 Å². The van der Waals surface area contributed by atoms with Crippen LogP contribution in [0.4, 0.5) is 0 Å². The van der Waals surface area contributed by atoms with Crippen molar-refractivity contribution in [3.05, 3.63) is 40.6 Å². The molecule has 2 heterocycles. The number of aliphatic hydroxyl groups is 4. The molecule has 1 aliphatic heterocycles. The number of aliphatic hydroxyl groups excluding tert-OH is 4. The Labute approximate surface area is 191 Å². The number of methoxy groups -OCH3 is 1. The highest BCUT2D eigenvalue weighted by molar-refractivity contribution is 5.89. The molecular weight excluding hydrogens is 456 g/mol. The average Bonchev–Trinajstić information content (AvgIpc) is 2.82. The highest BCUT2D eigenvalue weighted by Gasteiger charge is 2.45. The van der Waals surface area contributed by atoms with Gasteiger partial charge in [0.15, 0.2) is 28.4 Å². The summed E-state index contributed by atoms with van der Waals surface area (Å²) in [6, 6.07) is 6.36. The molecule has 5 atom stereocenters. The summed E-state index contributed by atoms with van der Waals surface area (Å²) >= 11 is 0. The molecule has 0 saturated carbocycles. The predicted octanol–water partition coefficient (Wildman–Crippen LogP) is -0.236. The van der Waals surface area contributed by atoms with Gasteiger partial charge < -0.3 is 54.4 Å². The van der Waals surface area contributed by atoms with Crippen molar-refractivity contribution in [2.45, 2.75) is 30.7 Å². The smallest absolute Gasteiger partial charge is 0.229 e. The molecule has 0 unspecified atom stereocenters. The first kappa shape index (κ1) is 23.6. The standard InChI is InChI=1S/C22H22O12/c1-31-12-4-8(2-3-9(12)24)11-5-10(25)16-13(32-11)6-14(17(26)19(16)28)33-22-21(30)20(29)18(27)15(7-23)34-22/h2-6,15,18,20-24,26-30H,7H2,1H3/t15-,18-,20+,21-,22-/m1/s1. The van der Waals surface area contributed by atoms with Gasteiger partial charge in [0, 0.05) is 17.7 Å². The second-order valence-electron chi connectivity index (χ2n) is 7.62. The molecule has 7 N–H and O–H groups in total. The van der Waals surface area contributed by atoms with Crippen molar-refractivity contribution < 1.29 is 54.4 Å². The molecule has 34 heavy (non-hydrogen) atoms. The lowest BCUT2D eigenvalue weighted by Gasteiger charge is -2.39. The maximum atomic E-state index is 12.7. The number of hydrogen-bond donors (Lipinski definition) is 7. The van der Waals surface area contributed by atoms with Gasteiger partial charge in [-0.25, -0.2) is 0 Å². The Morgan fingerprint density at radius 2 is 1.68 bits per heavy atom. The van der Waals surface area contributed by atoms with E-state index in [9.17, 15) is 40.5 Å². The Morgan fingerprint density at radius 3 is 2.35 bits per heavy atom. The summed E-state index contributed by atoms with van der Waals surface area (Å²) in [7, 11) is 1.35. The highest BCUT2D eigenvalue weighted by atomic mass is 16.7. The first-order valence-electron chi connectivity index (χ1n) is 10.0. The van der Waals surface area contributed by atoms with Crippen LogP contribution in [-0.2, 0) is 4.74 Å². The zero-order valence-electron chi connectivity index (χ0n) is 17.7. The summed E-state index contributed by atoms with van der Waals surface area (Å²) in [4.78, 5) is 12.7. The molecule has 0 bridgehead atoms. The number of benzene rings is 2. The van der Waals surface area contributed by atoms with Crippen LogP contribution >= 0.6 is 0 Å².